The topological polar surface area (TPSA) is 71.5 Å². The molecule has 0 bridgehead atoms. The summed E-state index contributed by atoms with van der Waals surface area (Å²) in [6.07, 6.45) is 0. The van der Waals surface area contributed by atoms with Gasteiger partial charge in [0.2, 0.25) is 0 Å². The Kier molecular flexibility index (Phi) is 5.09. The van der Waals surface area contributed by atoms with E-state index in [4.69, 9.17) is 9.84 Å². The van der Waals surface area contributed by atoms with Crippen molar-refractivity contribution in [2.45, 2.75) is 32.7 Å². The number of pyridine rings is 1. The number of aromatic nitrogens is 1. The number of anilines is 1. The molecule has 1 heterocycles. The van der Waals surface area contributed by atoms with E-state index in [1.165, 1.54) is 0 Å². The van der Waals surface area contributed by atoms with E-state index < -0.39 is 5.97 Å². The molecule has 1 atom stereocenters. The number of hydrogen-bond acceptors (Lipinski definition) is 4. The summed E-state index contributed by atoms with van der Waals surface area (Å²) in [7, 11) is 1.62. The fourth-order valence-corrected chi connectivity index (χ4v) is 1.59. The second-order valence-electron chi connectivity index (χ2n) is 4.63. The van der Waals surface area contributed by atoms with Gasteiger partial charge >= 0.3 is 5.97 Å². The molecular weight excluding hydrogens is 232 g/mol. The van der Waals surface area contributed by atoms with Crippen molar-refractivity contribution in [2.75, 3.05) is 19.0 Å². The van der Waals surface area contributed by atoms with Crippen molar-refractivity contribution >= 4 is 11.8 Å². The fraction of sp³-hybridized carbons (Fsp3) is 0.538. The third-order valence-corrected chi connectivity index (χ3v) is 2.49. The van der Waals surface area contributed by atoms with Crippen molar-refractivity contribution in [1.82, 2.24) is 4.98 Å². The molecule has 1 aromatic heterocycles. The van der Waals surface area contributed by atoms with E-state index in [1.807, 2.05) is 20.8 Å². The Hall–Kier alpha value is -1.62. The van der Waals surface area contributed by atoms with Gasteiger partial charge in [-0.15, -0.1) is 0 Å². The molecule has 18 heavy (non-hydrogen) atoms. The molecule has 0 spiro atoms. The van der Waals surface area contributed by atoms with Gasteiger partial charge in [0.05, 0.1) is 12.2 Å². The van der Waals surface area contributed by atoms with E-state index in [-0.39, 0.29) is 17.5 Å². The molecule has 2 N–H and O–H groups in total. The highest BCUT2D eigenvalue weighted by Gasteiger charge is 2.12. The van der Waals surface area contributed by atoms with Crippen LogP contribution in [-0.4, -0.2) is 35.8 Å². The van der Waals surface area contributed by atoms with Crippen LogP contribution in [0.15, 0.2) is 12.1 Å². The molecule has 5 nitrogen and oxygen atoms in total. The maximum absolute atomic E-state index is 11.1. The van der Waals surface area contributed by atoms with E-state index in [1.54, 1.807) is 19.2 Å². The van der Waals surface area contributed by atoms with Gasteiger partial charge in [0.25, 0.3) is 0 Å². The second kappa shape index (κ2) is 6.35. The summed E-state index contributed by atoms with van der Waals surface area (Å²) in [6.45, 7) is 6.45. The third kappa shape index (κ3) is 4.00. The van der Waals surface area contributed by atoms with E-state index >= 15 is 0 Å². The molecule has 0 aliphatic carbocycles. The molecule has 100 valence electrons. The van der Waals surface area contributed by atoms with Crippen molar-refractivity contribution < 1.29 is 14.6 Å². The predicted molar refractivity (Wildman–Crippen MR) is 70.2 cm³/mol. The number of methoxy groups -OCH3 is 1. The van der Waals surface area contributed by atoms with Gasteiger partial charge in [-0.05, 0) is 25.0 Å². The van der Waals surface area contributed by atoms with Gasteiger partial charge in [-0.1, -0.05) is 13.8 Å². The number of aromatic carboxylic acids is 1. The second-order valence-corrected chi connectivity index (χ2v) is 4.63. The van der Waals surface area contributed by atoms with Crippen molar-refractivity contribution in [2.24, 2.45) is 0 Å². The Bertz CT molecular complexity index is 419. The van der Waals surface area contributed by atoms with E-state index in [0.717, 1.165) is 5.69 Å². The molecule has 0 radical (unpaired) electrons. The van der Waals surface area contributed by atoms with Crippen molar-refractivity contribution in [3.8, 4) is 0 Å². The smallest absolute Gasteiger partial charge is 0.335 e. The van der Waals surface area contributed by atoms with Crippen LogP contribution in [0.3, 0.4) is 0 Å². The summed E-state index contributed by atoms with van der Waals surface area (Å²) in [5.41, 5.74) is 1.02. The Morgan fingerprint density at radius 1 is 1.44 bits per heavy atom. The zero-order valence-electron chi connectivity index (χ0n) is 11.2. The zero-order valence-corrected chi connectivity index (χ0v) is 11.2. The van der Waals surface area contributed by atoms with E-state index in [2.05, 4.69) is 10.3 Å². The van der Waals surface area contributed by atoms with Gasteiger partial charge in [0, 0.05) is 18.8 Å². The van der Waals surface area contributed by atoms with Crippen LogP contribution >= 0.6 is 0 Å². The zero-order chi connectivity index (χ0) is 13.7. The number of ether oxygens (including phenoxy) is 1. The molecule has 1 rings (SSSR count). The van der Waals surface area contributed by atoms with Crippen LogP contribution in [0.1, 0.15) is 42.7 Å². The van der Waals surface area contributed by atoms with Gasteiger partial charge < -0.3 is 15.2 Å². The lowest BCUT2D eigenvalue weighted by molar-refractivity contribution is 0.0696. The first-order valence-corrected chi connectivity index (χ1v) is 5.94. The minimum atomic E-state index is -0.943. The molecule has 0 aliphatic heterocycles. The third-order valence-electron chi connectivity index (χ3n) is 2.49. The lowest BCUT2D eigenvalue weighted by Gasteiger charge is -2.15. The highest BCUT2D eigenvalue weighted by Crippen LogP contribution is 2.18. The molecular formula is C13H20N2O3. The minimum Gasteiger partial charge on any atom is -0.478 e. The summed E-state index contributed by atoms with van der Waals surface area (Å²) >= 11 is 0. The van der Waals surface area contributed by atoms with Crippen molar-refractivity contribution in [3.63, 3.8) is 0 Å². The van der Waals surface area contributed by atoms with Crippen LogP contribution in [0.4, 0.5) is 5.82 Å². The molecule has 0 saturated carbocycles. The Morgan fingerprint density at radius 3 is 2.61 bits per heavy atom. The number of hydrogen-bond donors (Lipinski definition) is 2. The van der Waals surface area contributed by atoms with Crippen molar-refractivity contribution in [1.29, 1.82) is 0 Å². The van der Waals surface area contributed by atoms with Gasteiger partial charge in [-0.2, -0.15) is 0 Å². The lowest BCUT2D eigenvalue weighted by atomic mass is 10.1. The van der Waals surface area contributed by atoms with Crippen LogP contribution in [0.25, 0.3) is 0 Å². The first-order valence-electron chi connectivity index (χ1n) is 5.94. The molecule has 0 aromatic carbocycles. The molecule has 0 amide bonds. The molecule has 0 saturated heterocycles. The van der Waals surface area contributed by atoms with Gasteiger partial charge in [-0.25, -0.2) is 9.78 Å². The van der Waals surface area contributed by atoms with Crippen LogP contribution in [0.2, 0.25) is 0 Å². The van der Waals surface area contributed by atoms with Gasteiger partial charge in [0.15, 0.2) is 0 Å². The monoisotopic (exact) mass is 252 g/mol. The average Bonchev–Trinajstić information content (AvgIpc) is 2.28. The SMILES string of the molecule is COCC(C)Nc1cc(C(=O)O)cc(C(C)C)n1. The molecule has 0 aliphatic rings. The highest BCUT2D eigenvalue weighted by molar-refractivity contribution is 5.88. The maximum atomic E-state index is 11.1. The van der Waals surface area contributed by atoms with E-state index in [9.17, 15) is 4.79 Å². The quantitative estimate of drug-likeness (QED) is 0.813. The first kappa shape index (κ1) is 14.4. The lowest BCUT2D eigenvalue weighted by Crippen LogP contribution is -2.22. The highest BCUT2D eigenvalue weighted by atomic mass is 16.5. The fourth-order valence-electron chi connectivity index (χ4n) is 1.59. The Labute approximate surface area is 107 Å². The maximum Gasteiger partial charge on any atom is 0.335 e. The van der Waals surface area contributed by atoms with Crippen LogP contribution in [-0.2, 0) is 4.74 Å². The number of nitrogens with one attached hydrogen (secondary N) is 1. The van der Waals surface area contributed by atoms with Crippen LogP contribution < -0.4 is 5.32 Å². The van der Waals surface area contributed by atoms with Crippen LogP contribution in [0, 0.1) is 0 Å². The molecule has 1 aromatic rings. The van der Waals surface area contributed by atoms with Crippen LogP contribution in [0.5, 0.6) is 0 Å². The standard InChI is InChI=1S/C13H20N2O3/c1-8(2)11-5-10(13(16)17)6-12(15-11)14-9(3)7-18-4/h5-6,8-9H,7H2,1-4H3,(H,14,15)(H,16,17). The summed E-state index contributed by atoms with van der Waals surface area (Å²) in [4.78, 5) is 15.5. The summed E-state index contributed by atoms with van der Waals surface area (Å²) in [5.74, 6) is -0.188. The number of carboxylic acids is 1. The minimum absolute atomic E-state index is 0.0755. The predicted octanol–water partition coefficient (Wildman–Crippen LogP) is 2.35. The van der Waals surface area contributed by atoms with E-state index in [0.29, 0.717) is 12.4 Å². The molecule has 0 fully saturated rings. The first-order chi connectivity index (χ1) is 8.43. The molecule has 5 heteroatoms. The normalized spacial score (nSPS) is 12.5. The number of nitrogens with zero attached hydrogens (tertiary/aromatic N) is 1. The van der Waals surface area contributed by atoms with Gasteiger partial charge in [0.1, 0.15) is 5.82 Å². The molecule has 1 unspecified atom stereocenters. The largest absolute Gasteiger partial charge is 0.478 e. The Morgan fingerprint density at radius 2 is 2.11 bits per heavy atom. The number of carboxylic acid groups (broad SMARTS) is 1. The Balaban J connectivity index is 2.99. The summed E-state index contributed by atoms with van der Waals surface area (Å²) in [6, 6.07) is 3.23. The number of carbonyl (C=O) groups is 1. The van der Waals surface area contributed by atoms with Crippen molar-refractivity contribution in [3.05, 3.63) is 23.4 Å². The summed E-state index contributed by atoms with van der Waals surface area (Å²) < 4.78 is 5.02. The number of rotatable bonds is 6. The van der Waals surface area contributed by atoms with Gasteiger partial charge in [-0.3, -0.25) is 0 Å². The average molecular weight is 252 g/mol. The summed E-state index contributed by atoms with van der Waals surface area (Å²) in [5, 5.41) is 12.2.